The molecule has 1 rings (SSSR count). The predicted molar refractivity (Wildman–Crippen MR) is 51.8 cm³/mol. The Morgan fingerprint density at radius 1 is 1.50 bits per heavy atom. The minimum atomic E-state index is 0.325. The third kappa shape index (κ3) is 2.20. The summed E-state index contributed by atoms with van der Waals surface area (Å²) in [5.41, 5.74) is 0. The Morgan fingerprint density at radius 3 is 2.50 bits per heavy atom. The number of thioether (sulfide) groups is 2. The van der Waals surface area contributed by atoms with Gasteiger partial charge in [-0.2, -0.15) is 0 Å². The number of aliphatic imine (C=N–C) groups is 1. The van der Waals surface area contributed by atoms with E-state index in [1.807, 2.05) is 23.5 Å². The smallest absolute Gasteiger partial charge is 0.0946 e. The van der Waals surface area contributed by atoms with E-state index in [1.165, 1.54) is 5.04 Å². The van der Waals surface area contributed by atoms with E-state index in [2.05, 4.69) is 32.7 Å². The average molecular weight is 175 g/mol. The van der Waals surface area contributed by atoms with Gasteiger partial charge in [-0.3, -0.25) is 4.99 Å². The second-order valence-corrected chi connectivity index (χ2v) is 6.88. The van der Waals surface area contributed by atoms with Gasteiger partial charge in [-0.1, -0.05) is 11.8 Å². The Kier molecular flexibility index (Phi) is 2.35. The normalized spacial score (nSPS) is 31.6. The number of hydrogen-bond acceptors (Lipinski definition) is 3. The fourth-order valence-corrected chi connectivity index (χ4v) is 4.09. The van der Waals surface area contributed by atoms with Crippen LogP contribution in [0.15, 0.2) is 4.99 Å². The van der Waals surface area contributed by atoms with E-state index in [0.29, 0.717) is 9.45 Å². The lowest BCUT2D eigenvalue weighted by molar-refractivity contribution is 0.967. The van der Waals surface area contributed by atoms with Crippen LogP contribution in [-0.4, -0.2) is 14.5 Å². The van der Waals surface area contributed by atoms with Gasteiger partial charge in [0.2, 0.25) is 0 Å². The molecule has 0 fully saturated rings. The van der Waals surface area contributed by atoms with Gasteiger partial charge in [0.05, 0.1) is 14.5 Å². The van der Waals surface area contributed by atoms with Gasteiger partial charge >= 0.3 is 0 Å². The quantitative estimate of drug-likeness (QED) is 0.561. The van der Waals surface area contributed by atoms with Crippen LogP contribution in [0.3, 0.4) is 0 Å². The van der Waals surface area contributed by atoms with E-state index in [9.17, 15) is 0 Å². The molecule has 0 saturated carbocycles. The van der Waals surface area contributed by atoms with Crippen LogP contribution in [0.1, 0.15) is 27.7 Å². The molecule has 3 heteroatoms. The fourth-order valence-electron chi connectivity index (χ4n) is 1.10. The van der Waals surface area contributed by atoms with Crippen LogP contribution < -0.4 is 0 Å². The maximum Gasteiger partial charge on any atom is 0.0946 e. The van der Waals surface area contributed by atoms with Gasteiger partial charge < -0.3 is 0 Å². The van der Waals surface area contributed by atoms with Crippen LogP contribution in [0.4, 0.5) is 0 Å². The van der Waals surface area contributed by atoms with Crippen LogP contribution in [0.5, 0.6) is 0 Å². The van der Waals surface area contributed by atoms with Gasteiger partial charge in [0, 0.05) is 0 Å². The first kappa shape index (κ1) is 8.47. The maximum absolute atomic E-state index is 4.42. The summed E-state index contributed by atoms with van der Waals surface area (Å²) in [6.07, 6.45) is 0. The van der Waals surface area contributed by atoms with E-state index in [0.717, 1.165) is 0 Å². The second-order valence-electron chi connectivity index (χ2n) is 2.87. The SMILES string of the molecule is CC1=NC(C)SC(C)(C)S1. The van der Waals surface area contributed by atoms with Crippen molar-refractivity contribution in [1.82, 2.24) is 0 Å². The summed E-state index contributed by atoms with van der Waals surface area (Å²) in [7, 11) is 0. The molecule has 1 unspecified atom stereocenters. The molecule has 1 nitrogen and oxygen atoms in total. The first-order valence-corrected chi connectivity index (χ1v) is 5.10. The average Bonchev–Trinajstić information content (AvgIpc) is 1.54. The molecule has 1 aliphatic rings. The molecule has 10 heavy (non-hydrogen) atoms. The summed E-state index contributed by atoms with van der Waals surface area (Å²) in [6.45, 7) is 8.73. The zero-order valence-electron chi connectivity index (χ0n) is 6.84. The first-order chi connectivity index (χ1) is 4.49. The van der Waals surface area contributed by atoms with Gasteiger partial charge in [-0.15, -0.1) is 11.8 Å². The minimum absolute atomic E-state index is 0.325. The van der Waals surface area contributed by atoms with Crippen molar-refractivity contribution >= 4 is 28.6 Å². The molecule has 0 N–H and O–H groups in total. The van der Waals surface area contributed by atoms with E-state index in [1.54, 1.807) is 0 Å². The van der Waals surface area contributed by atoms with E-state index in [4.69, 9.17) is 0 Å². The lowest BCUT2D eigenvalue weighted by Crippen LogP contribution is -2.20. The summed E-state index contributed by atoms with van der Waals surface area (Å²) in [6, 6.07) is 0. The minimum Gasteiger partial charge on any atom is -0.269 e. The number of hydrogen-bond donors (Lipinski definition) is 0. The van der Waals surface area contributed by atoms with Crippen molar-refractivity contribution in [2.45, 2.75) is 37.1 Å². The van der Waals surface area contributed by atoms with Crippen molar-refractivity contribution in [2.24, 2.45) is 4.99 Å². The van der Waals surface area contributed by atoms with Crippen molar-refractivity contribution in [1.29, 1.82) is 0 Å². The lowest BCUT2D eigenvalue weighted by Gasteiger charge is -2.29. The molecule has 58 valence electrons. The monoisotopic (exact) mass is 175 g/mol. The summed E-state index contributed by atoms with van der Waals surface area (Å²) in [5.74, 6) is 0. The molecule has 0 spiro atoms. The Hall–Kier alpha value is 0.370. The third-order valence-corrected chi connectivity index (χ3v) is 3.66. The molecule has 0 radical (unpaired) electrons. The molecule has 0 bridgehead atoms. The number of nitrogens with zero attached hydrogens (tertiary/aromatic N) is 1. The Morgan fingerprint density at radius 2 is 2.10 bits per heavy atom. The Labute approximate surface area is 71.1 Å². The van der Waals surface area contributed by atoms with Crippen LogP contribution in [0, 0.1) is 0 Å². The summed E-state index contributed by atoms with van der Waals surface area (Å²) in [5, 5.41) is 1.66. The van der Waals surface area contributed by atoms with Crippen molar-refractivity contribution in [3.05, 3.63) is 0 Å². The molecule has 0 aromatic heterocycles. The summed E-state index contributed by atoms with van der Waals surface area (Å²) < 4.78 is 0.325. The summed E-state index contributed by atoms with van der Waals surface area (Å²) >= 11 is 3.78. The molecule has 1 aliphatic heterocycles. The highest BCUT2D eigenvalue weighted by molar-refractivity contribution is 8.26. The van der Waals surface area contributed by atoms with Crippen LogP contribution in [-0.2, 0) is 0 Å². The van der Waals surface area contributed by atoms with Crippen molar-refractivity contribution < 1.29 is 0 Å². The molecule has 0 amide bonds. The van der Waals surface area contributed by atoms with Gasteiger partial charge in [0.25, 0.3) is 0 Å². The lowest BCUT2D eigenvalue weighted by atomic mass is 10.5. The highest BCUT2D eigenvalue weighted by Crippen LogP contribution is 2.43. The molecular weight excluding hydrogens is 162 g/mol. The van der Waals surface area contributed by atoms with Crippen LogP contribution in [0.25, 0.3) is 0 Å². The largest absolute Gasteiger partial charge is 0.269 e. The molecule has 0 aromatic rings. The molecule has 0 aromatic carbocycles. The molecule has 0 aliphatic carbocycles. The van der Waals surface area contributed by atoms with Gasteiger partial charge in [-0.05, 0) is 27.7 Å². The highest BCUT2D eigenvalue weighted by Gasteiger charge is 2.27. The standard InChI is InChI=1S/C7H13NS2/c1-5-8-6(2)10-7(3,4)9-5/h5H,1-4H3. The Bertz CT molecular complexity index is 163. The number of rotatable bonds is 0. The predicted octanol–water partition coefficient (Wildman–Crippen LogP) is 2.97. The van der Waals surface area contributed by atoms with Crippen molar-refractivity contribution in [3.63, 3.8) is 0 Å². The van der Waals surface area contributed by atoms with Gasteiger partial charge in [0.1, 0.15) is 0 Å². The van der Waals surface area contributed by atoms with Crippen molar-refractivity contribution in [3.8, 4) is 0 Å². The van der Waals surface area contributed by atoms with Gasteiger partial charge in [-0.25, -0.2) is 0 Å². The molecular formula is C7H13NS2. The second kappa shape index (κ2) is 2.78. The first-order valence-electron chi connectivity index (χ1n) is 3.41. The van der Waals surface area contributed by atoms with E-state index in [-0.39, 0.29) is 0 Å². The van der Waals surface area contributed by atoms with E-state index < -0.39 is 0 Å². The van der Waals surface area contributed by atoms with Crippen LogP contribution >= 0.6 is 23.5 Å². The fraction of sp³-hybridized carbons (Fsp3) is 0.857. The molecule has 0 saturated heterocycles. The third-order valence-electron chi connectivity index (χ3n) is 1.21. The zero-order valence-corrected chi connectivity index (χ0v) is 8.47. The Balaban J connectivity index is 2.70. The molecule has 1 atom stereocenters. The van der Waals surface area contributed by atoms with E-state index >= 15 is 0 Å². The zero-order chi connectivity index (χ0) is 7.78. The van der Waals surface area contributed by atoms with Crippen molar-refractivity contribution in [2.75, 3.05) is 0 Å². The summed E-state index contributed by atoms with van der Waals surface area (Å²) in [4.78, 5) is 4.42. The topological polar surface area (TPSA) is 12.4 Å². The maximum atomic E-state index is 4.42. The molecule has 1 heterocycles. The highest BCUT2D eigenvalue weighted by atomic mass is 32.2. The van der Waals surface area contributed by atoms with Crippen LogP contribution in [0.2, 0.25) is 0 Å². The van der Waals surface area contributed by atoms with Gasteiger partial charge in [0.15, 0.2) is 0 Å².